The standard InChI is InChI=1S/C10H14N2O3S/c1-7(2)3-12(4-9(13)14)10(15)8-5-16-6-11-8/h5-7H,3-4H2,1-2H3,(H,13,14). The maximum Gasteiger partial charge on any atom is 0.323 e. The molecule has 0 aliphatic heterocycles. The predicted molar refractivity (Wildman–Crippen MR) is 60.5 cm³/mol. The van der Waals surface area contributed by atoms with Crippen molar-refractivity contribution in [3.05, 3.63) is 16.6 Å². The van der Waals surface area contributed by atoms with Crippen molar-refractivity contribution in [2.45, 2.75) is 13.8 Å². The highest BCUT2D eigenvalue weighted by Gasteiger charge is 2.20. The lowest BCUT2D eigenvalue weighted by Crippen LogP contribution is -2.38. The van der Waals surface area contributed by atoms with Gasteiger partial charge in [0.25, 0.3) is 5.91 Å². The molecule has 0 radical (unpaired) electrons. The van der Waals surface area contributed by atoms with Crippen molar-refractivity contribution in [3.8, 4) is 0 Å². The van der Waals surface area contributed by atoms with Gasteiger partial charge in [-0.05, 0) is 5.92 Å². The van der Waals surface area contributed by atoms with Gasteiger partial charge in [-0.15, -0.1) is 11.3 Å². The van der Waals surface area contributed by atoms with E-state index in [2.05, 4.69) is 4.98 Å². The van der Waals surface area contributed by atoms with Gasteiger partial charge in [-0.2, -0.15) is 0 Å². The molecule has 1 aromatic heterocycles. The van der Waals surface area contributed by atoms with Crippen molar-refractivity contribution in [3.63, 3.8) is 0 Å². The van der Waals surface area contributed by atoms with Crippen molar-refractivity contribution < 1.29 is 14.7 Å². The zero-order valence-corrected chi connectivity index (χ0v) is 10.0. The minimum atomic E-state index is -1.01. The molecule has 16 heavy (non-hydrogen) atoms. The van der Waals surface area contributed by atoms with Gasteiger partial charge in [0.05, 0.1) is 5.51 Å². The molecule has 0 spiro atoms. The number of carboxylic acids is 1. The van der Waals surface area contributed by atoms with E-state index in [4.69, 9.17) is 5.11 Å². The fourth-order valence-corrected chi connectivity index (χ4v) is 1.83. The van der Waals surface area contributed by atoms with E-state index in [1.807, 2.05) is 13.8 Å². The van der Waals surface area contributed by atoms with Crippen LogP contribution >= 0.6 is 11.3 Å². The lowest BCUT2D eigenvalue weighted by Gasteiger charge is -2.21. The smallest absolute Gasteiger partial charge is 0.323 e. The van der Waals surface area contributed by atoms with Gasteiger partial charge in [-0.3, -0.25) is 9.59 Å². The van der Waals surface area contributed by atoms with Crippen LogP contribution in [0.4, 0.5) is 0 Å². The Morgan fingerprint density at radius 3 is 2.69 bits per heavy atom. The molecule has 0 atom stereocenters. The topological polar surface area (TPSA) is 70.5 Å². The number of amides is 1. The zero-order valence-electron chi connectivity index (χ0n) is 9.21. The molecule has 0 unspecified atom stereocenters. The molecule has 0 saturated heterocycles. The average Bonchev–Trinajstić information content (AvgIpc) is 2.66. The second kappa shape index (κ2) is 5.60. The van der Waals surface area contributed by atoms with Gasteiger partial charge in [-0.1, -0.05) is 13.8 Å². The van der Waals surface area contributed by atoms with Crippen LogP contribution in [0.2, 0.25) is 0 Å². The Hall–Kier alpha value is -1.43. The summed E-state index contributed by atoms with van der Waals surface area (Å²) in [6, 6.07) is 0. The van der Waals surface area contributed by atoms with Crippen molar-refractivity contribution in [1.29, 1.82) is 0 Å². The van der Waals surface area contributed by atoms with E-state index in [9.17, 15) is 9.59 Å². The minimum absolute atomic E-state index is 0.224. The number of hydrogen-bond donors (Lipinski definition) is 1. The quantitative estimate of drug-likeness (QED) is 0.845. The van der Waals surface area contributed by atoms with Gasteiger partial charge >= 0.3 is 5.97 Å². The number of nitrogens with zero attached hydrogens (tertiary/aromatic N) is 2. The number of carboxylic acid groups (broad SMARTS) is 1. The van der Waals surface area contributed by atoms with Crippen LogP contribution in [0.5, 0.6) is 0 Å². The second-order valence-electron chi connectivity index (χ2n) is 3.85. The molecule has 0 fully saturated rings. The SMILES string of the molecule is CC(C)CN(CC(=O)O)C(=O)c1cscn1. The van der Waals surface area contributed by atoms with Gasteiger partial charge < -0.3 is 10.0 Å². The molecule has 0 saturated carbocycles. The molecule has 1 N–H and O–H groups in total. The van der Waals surface area contributed by atoms with Crippen LogP contribution in [0.3, 0.4) is 0 Å². The summed E-state index contributed by atoms with van der Waals surface area (Å²) in [5.41, 5.74) is 1.87. The van der Waals surface area contributed by atoms with Gasteiger partial charge in [0.15, 0.2) is 0 Å². The molecule has 6 heteroatoms. The van der Waals surface area contributed by atoms with E-state index in [0.29, 0.717) is 12.2 Å². The van der Waals surface area contributed by atoms with E-state index in [0.717, 1.165) is 0 Å². The van der Waals surface area contributed by atoms with Crippen LogP contribution in [-0.2, 0) is 4.79 Å². The summed E-state index contributed by atoms with van der Waals surface area (Å²) in [6.07, 6.45) is 0. The lowest BCUT2D eigenvalue weighted by molar-refractivity contribution is -0.137. The van der Waals surface area contributed by atoms with Crippen LogP contribution < -0.4 is 0 Å². The largest absolute Gasteiger partial charge is 0.480 e. The van der Waals surface area contributed by atoms with E-state index in [-0.39, 0.29) is 18.4 Å². The van der Waals surface area contributed by atoms with Gasteiger partial charge in [0, 0.05) is 11.9 Å². The number of carbonyl (C=O) groups is 2. The Balaban J connectivity index is 2.75. The normalized spacial score (nSPS) is 10.4. The van der Waals surface area contributed by atoms with Crippen LogP contribution in [0.25, 0.3) is 0 Å². The molecular weight excluding hydrogens is 228 g/mol. The first-order valence-electron chi connectivity index (χ1n) is 4.90. The summed E-state index contributed by atoms with van der Waals surface area (Å²) in [4.78, 5) is 27.7. The second-order valence-corrected chi connectivity index (χ2v) is 4.57. The number of aliphatic carboxylic acids is 1. The maximum absolute atomic E-state index is 11.9. The Bertz CT molecular complexity index is 362. The summed E-state index contributed by atoms with van der Waals surface area (Å²) >= 11 is 1.32. The molecule has 88 valence electrons. The Morgan fingerprint density at radius 2 is 2.25 bits per heavy atom. The number of carbonyl (C=O) groups excluding carboxylic acids is 1. The first-order valence-corrected chi connectivity index (χ1v) is 5.84. The molecule has 5 nitrogen and oxygen atoms in total. The van der Waals surface area contributed by atoms with E-state index < -0.39 is 5.97 Å². The first kappa shape index (κ1) is 12.6. The van der Waals surface area contributed by atoms with Gasteiger partial charge in [-0.25, -0.2) is 4.98 Å². The Labute approximate surface area is 97.7 Å². The van der Waals surface area contributed by atoms with E-state index in [1.54, 1.807) is 10.9 Å². The fraction of sp³-hybridized carbons (Fsp3) is 0.500. The highest BCUT2D eigenvalue weighted by molar-refractivity contribution is 7.07. The van der Waals surface area contributed by atoms with E-state index in [1.165, 1.54) is 16.2 Å². The molecule has 0 aliphatic carbocycles. The Kier molecular flexibility index (Phi) is 4.42. The molecule has 1 amide bonds. The van der Waals surface area contributed by atoms with Crippen LogP contribution in [0.1, 0.15) is 24.3 Å². The molecule has 1 aromatic rings. The average molecular weight is 242 g/mol. The number of hydrogen-bond acceptors (Lipinski definition) is 4. The van der Waals surface area contributed by atoms with Gasteiger partial charge in [0.1, 0.15) is 12.2 Å². The van der Waals surface area contributed by atoms with Crippen molar-refractivity contribution in [1.82, 2.24) is 9.88 Å². The molecular formula is C10H14N2O3S. The maximum atomic E-state index is 11.9. The summed E-state index contributed by atoms with van der Waals surface area (Å²) in [6.45, 7) is 4.00. The van der Waals surface area contributed by atoms with Crippen LogP contribution in [0, 0.1) is 5.92 Å². The van der Waals surface area contributed by atoms with E-state index >= 15 is 0 Å². The predicted octanol–water partition coefficient (Wildman–Crippen LogP) is 1.33. The Morgan fingerprint density at radius 1 is 1.56 bits per heavy atom. The summed E-state index contributed by atoms with van der Waals surface area (Å²) in [7, 11) is 0. The molecule has 1 heterocycles. The van der Waals surface area contributed by atoms with Crippen LogP contribution in [-0.4, -0.2) is 40.0 Å². The number of aromatic nitrogens is 1. The molecule has 0 bridgehead atoms. The van der Waals surface area contributed by atoms with Crippen molar-refractivity contribution in [2.75, 3.05) is 13.1 Å². The number of rotatable bonds is 5. The molecule has 0 aromatic carbocycles. The van der Waals surface area contributed by atoms with Crippen molar-refractivity contribution >= 4 is 23.2 Å². The third-order valence-electron chi connectivity index (χ3n) is 1.85. The fourth-order valence-electron chi connectivity index (χ4n) is 1.30. The first-order chi connectivity index (χ1) is 7.50. The highest BCUT2D eigenvalue weighted by Crippen LogP contribution is 2.08. The summed E-state index contributed by atoms with van der Waals surface area (Å²) in [5, 5.41) is 10.4. The monoisotopic (exact) mass is 242 g/mol. The van der Waals surface area contributed by atoms with Crippen molar-refractivity contribution in [2.24, 2.45) is 5.92 Å². The molecule has 1 rings (SSSR count). The van der Waals surface area contributed by atoms with Crippen LogP contribution in [0.15, 0.2) is 10.9 Å². The summed E-state index contributed by atoms with van der Waals surface area (Å²) < 4.78 is 0. The minimum Gasteiger partial charge on any atom is -0.480 e. The third-order valence-corrected chi connectivity index (χ3v) is 2.44. The lowest BCUT2D eigenvalue weighted by atomic mass is 10.2. The zero-order chi connectivity index (χ0) is 12.1. The summed E-state index contributed by atoms with van der Waals surface area (Å²) in [5.74, 6) is -1.11. The highest BCUT2D eigenvalue weighted by atomic mass is 32.1. The van der Waals surface area contributed by atoms with Gasteiger partial charge in [0.2, 0.25) is 0 Å². The molecule has 0 aliphatic rings. The number of thiazole rings is 1. The third kappa shape index (κ3) is 3.62.